The number of anilines is 1. The third-order valence-electron chi connectivity index (χ3n) is 5.97. The molecule has 0 amide bonds. The molecule has 0 saturated carbocycles. The number of hydrogen-bond donors (Lipinski definition) is 2. The molecule has 0 fully saturated rings. The Hall–Kier alpha value is -3.81. The van der Waals surface area contributed by atoms with Crippen LogP contribution in [0, 0.1) is 0 Å². The van der Waals surface area contributed by atoms with Gasteiger partial charge in [-0.1, -0.05) is 30.3 Å². The second-order valence-electron chi connectivity index (χ2n) is 7.62. The van der Waals surface area contributed by atoms with Crippen molar-refractivity contribution >= 4 is 11.7 Å². The molecule has 0 bridgehead atoms. The largest absolute Gasteiger partial charge is 0.508 e. The fraction of sp³-hybridized carbons (Fsp3) is 0.261. The molecule has 8 heteroatoms. The number of carbonyl (C=O) groups excluding carboxylic acids is 1. The van der Waals surface area contributed by atoms with Crippen molar-refractivity contribution in [3.8, 4) is 17.2 Å². The molecule has 0 radical (unpaired) electrons. The normalized spacial score (nSPS) is 20.0. The van der Waals surface area contributed by atoms with Crippen LogP contribution < -0.4 is 14.8 Å². The summed E-state index contributed by atoms with van der Waals surface area (Å²) in [7, 11) is 3.16. The molecule has 0 unspecified atom stereocenters. The Morgan fingerprint density at radius 1 is 1.06 bits per heavy atom. The van der Waals surface area contributed by atoms with Gasteiger partial charge in [0.05, 0.1) is 14.2 Å². The topological polar surface area (TPSA) is 98.5 Å². The minimum Gasteiger partial charge on any atom is -0.508 e. The van der Waals surface area contributed by atoms with E-state index in [1.54, 1.807) is 31.0 Å². The first kappa shape index (κ1) is 19.2. The Bertz CT molecular complexity index is 1200. The van der Waals surface area contributed by atoms with Crippen LogP contribution in [0.15, 0.2) is 60.1 Å². The number of ketones is 1. The molecule has 1 aliphatic heterocycles. The van der Waals surface area contributed by atoms with E-state index in [1.807, 2.05) is 30.3 Å². The van der Waals surface area contributed by atoms with Crippen LogP contribution in [-0.2, 0) is 4.79 Å². The van der Waals surface area contributed by atoms with Gasteiger partial charge in [-0.3, -0.25) is 4.79 Å². The number of phenolic OH excluding ortho intramolecular Hbond substituents is 1. The van der Waals surface area contributed by atoms with E-state index in [2.05, 4.69) is 15.4 Å². The molecule has 2 N–H and O–H groups in total. The van der Waals surface area contributed by atoms with Crippen LogP contribution in [0.3, 0.4) is 0 Å². The first-order valence-electron chi connectivity index (χ1n) is 10.0. The first-order valence-corrected chi connectivity index (χ1v) is 10.0. The number of para-hydroxylation sites is 2. The third kappa shape index (κ3) is 3.02. The number of benzene rings is 2. The lowest BCUT2D eigenvalue weighted by Crippen LogP contribution is -2.33. The summed E-state index contributed by atoms with van der Waals surface area (Å²) in [5.74, 6) is 1.77. The molecule has 158 valence electrons. The maximum atomic E-state index is 13.5. The zero-order valence-electron chi connectivity index (χ0n) is 17.2. The first-order chi connectivity index (χ1) is 15.1. The van der Waals surface area contributed by atoms with Crippen molar-refractivity contribution in [1.29, 1.82) is 0 Å². The molecule has 5 rings (SSSR count). The van der Waals surface area contributed by atoms with Crippen molar-refractivity contribution in [2.24, 2.45) is 0 Å². The summed E-state index contributed by atoms with van der Waals surface area (Å²) in [6.45, 7) is 0. The fourth-order valence-electron chi connectivity index (χ4n) is 4.62. The van der Waals surface area contributed by atoms with Crippen molar-refractivity contribution in [2.75, 3.05) is 19.5 Å². The Labute approximate surface area is 179 Å². The summed E-state index contributed by atoms with van der Waals surface area (Å²) in [6.07, 6.45) is 2.34. The molecule has 31 heavy (non-hydrogen) atoms. The van der Waals surface area contributed by atoms with Gasteiger partial charge in [0.25, 0.3) is 0 Å². The van der Waals surface area contributed by atoms with E-state index in [9.17, 15) is 9.90 Å². The number of phenols is 1. The van der Waals surface area contributed by atoms with E-state index < -0.39 is 6.04 Å². The number of nitrogens with one attached hydrogen (secondary N) is 1. The van der Waals surface area contributed by atoms with Crippen molar-refractivity contribution in [2.45, 2.75) is 24.8 Å². The van der Waals surface area contributed by atoms with Gasteiger partial charge < -0.3 is 19.9 Å². The molecule has 1 aromatic heterocycles. The van der Waals surface area contributed by atoms with Gasteiger partial charge in [0.1, 0.15) is 18.1 Å². The zero-order chi connectivity index (χ0) is 21.5. The van der Waals surface area contributed by atoms with E-state index in [0.717, 1.165) is 16.8 Å². The second-order valence-corrected chi connectivity index (χ2v) is 7.62. The maximum Gasteiger partial charge on any atom is 0.226 e. The standard InChI is InChI=1S/C23H22N4O4/c1-30-19-9-5-7-15(22(19)31-2)21-20-16(26-23-24-12-25-27(21)23)10-13(11-18(20)29)14-6-3-4-8-17(14)28/h3-9,12-13,21,28H,10-11H2,1-2H3,(H,24,25,26)/t13-,21+/m0/s1. The van der Waals surface area contributed by atoms with Crippen LogP contribution in [0.1, 0.15) is 35.9 Å². The van der Waals surface area contributed by atoms with Crippen LogP contribution in [0.2, 0.25) is 0 Å². The monoisotopic (exact) mass is 418 g/mol. The third-order valence-corrected chi connectivity index (χ3v) is 5.97. The van der Waals surface area contributed by atoms with Crippen LogP contribution in [-0.4, -0.2) is 39.9 Å². The van der Waals surface area contributed by atoms with Crippen LogP contribution in [0.4, 0.5) is 5.95 Å². The van der Waals surface area contributed by atoms with Gasteiger partial charge in [-0.05, 0) is 24.1 Å². The lowest BCUT2D eigenvalue weighted by molar-refractivity contribution is -0.116. The Kier molecular flexibility index (Phi) is 4.62. The number of Topliss-reactive ketones (excluding diaryl/α,β-unsaturated/α-hetero) is 1. The lowest BCUT2D eigenvalue weighted by atomic mass is 9.77. The summed E-state index contributed by atoms with van der Waals surface area (Å²) < 4.78 is 12.8. The van der Waals surface area contributed by atoms with Crippen LogP contribution in [0.25, 0.3) is 0 Å². The molecule has 0 spiro atoms. The highest BCUT2D eigenvalue weighted by Crippen LogP contribution is 2.48. The van der Waals surface area contributed by atoms with E-state index in [0.29, 0.717) is 35.9 Å². The number of aromatic nitrogens is 3. The Balaban J connectivity index is 1.65. The fourth-order valence-corrected chi connectivity index (χ4v) is 4.62. The highest BCUT2D eigenvalue weighted by molar-refractivity contribution is 6.00. The quantitative estimate of drug-likeness (QED) is 0.670. The molecule has 2 atom stereocenters. The van der Waals surface area contributed by atoms with Gasteiger partial charge in [0.2, 0.25) is 5.95 Å². The molecular weight excluding hydrogens is 396 g/mol. The molecule has 8 nitrogen and oxygen atoms in total. The van der Waals surface area contributed by atoms with Gasteiger partial charge >= 0.3 is 0 Å². The minimum atomic E-state index is -0.489. The summed E-state index contributed by atoms with van der Waals surface area (Å²) in [6, 6.07) is 12.3. The highest BCUT2D eigenvalue weighted by atomic mass is 16.5. The molecular formula is C23H22N4O4. The number of ether oxygens (including phenoxy) is 2. The maximum absolute atomic E-state index is 13.5. The number of rotatable bonds is 4. The predicted octanol–water partition coefficient (Wildman–Crippen LogP) is 3.42. The summed E-state index contributed by atoms with van der Waals surface area (Å²) >= 11 is 0. The molecule has 1 aliphatic carbocycles. The van der Waals surface area contributed by atoms with Gasteiger partial charge in [-0.15, -0.1) is 0 Å². The van der Waals surface area contributed by atoms with Gasteiger partial charge in [-0.2, -0.15) is 10.1 Å². The molecule has 2 aliphatic rings. The number of carbonyl (C=O) groups is 1. The number of aromatic hydroxyl groups is 1. The van der Waals surface area contributed by atoms with Crippen molar-refractivity contribution in [1.82, 2.24) is 14.8 Å². The van der Waals surface area contributed by atoms with Crippen LogP contribution in [0.5, 0.6) is 17.2 Å². The smallest absolute Gasteiger partial charge is 0.226 e. The Morgan fingerprint density at radius 3 is 2.65 bits per heavy atom. The predicted molar refractivity (Wildman–Crippen MR) is 113 cm³/mol. The average molecular weight is 418 g/mol. The number of methoxy groups -OCH3 is 2. The molecule has 3 aromatic rings. The second kappa shape index (κ2) is 7.46. The zero-order valence-corrected chi connectivity index (χ0v) is 17.2. The van der Waals surface area contributed by atoms with Gasteiger partial charge in [-0.25, -0.2) is 4.68 Å². The number of allylic oxidation sites excluding steroid dienone is 2. The van der Waals surface area contributed by atoms with E-state index in [1.165, 1.54) is 6.33 Å². The van der Waals surface area contributed by atoms with Gasteiger partial charge in [0.15, 0.2) is 17.3 Å². The summed E-state index contributed by atoms with van der Waals surface area (Å²) in [5, 5.41) is 18.0. The summed E-state index contributed by atoms with van der Waals surface area (Å²) in [5.41, 5.74) is 2.97. The van der Waals surface area contributed by atoms with E-state index >= 15 is 0 Å². The molecule has 2 heterocycles. The van der Waals surface area contributed by atoms with E-state index in [-0.39, 0.29) is 17.5 Å². The minimum absolute atomic E-state index is 0.00183. The van der Waals surface area contributed by atoms with Crippen LogP contribution >= 0.6 is 0 Å². The number of nitrogens with zero attached hydrogens (tertiary/aromatic N) is 3. The Morgan fingerprint density at radius 2 is 1.87 bits per heavy atom. The average Bonchev–Trinajstić information content (AvgIpc) is 3.25. The highest BCUT2D eigenvalue weighted by Gasteiger charge is 2.41. The molecule has 2 aromatic carbocycles. The van der Waals surface area contributed by atoms with Gasteiger partial charge in [0, 0.05) is 29.2 Å². The van der Waals surface area contributed by atoms with E-state index in [4.69, 9.17) is 9.47 Å². The lowest BCUT2D eigenvalue weighted by Gasteiger charge is -2.35. The number of fused-ring (bicyclic) bond motifs is 1. The van der Waals surface area contributed by atoms with Crippen molar-refractivity contribution in [3.05, 3.63) is 71.2 Å². The molecule has 0 saturated heterocycles. The summed E-state index contributed by atoms with van der Waals surface area (Å²) in [4.78, 5) is 17.8. The number of hydrogen-bond acceptors (Lipinski definition) is 7. The SMILES string of the molecule is COc1cccc([C@@H]2C3=C(C[C@H](c4ccccc4O)CC3=O)Nc3ncnn32)c1OC. The van der Waals surface area contributed by atoms with Crippen molar-refractivity contribution < 1.29 is 19.4 Å². The van der Waals surface area contributed by atoms with Crippen molar-refractivity contribution in [3.63, 3.8) is 0 Å².